The number of halogens is 1. The first kappa shape index (κ1) is 12.5. The standard InChI is InChI=1S/C12H15FO3/c1-3-8(2)7-16-11-5-4-9(12(14)15)6-10(11)13/h4-6,8H,3,7H2,1-2H3,(H,14,15)/t8-/m0/s1. The lowest BCUT2D eigenvalue weighted by atomic mass is 10.1. The normalized spacial score (nSPS) is 12.2. The Labute approximate surface area is 93.9 Å². The molecular weight excluding hydrogens is 211 g/mol. The second kappa shape index (κ2) is 5.49. The van der Waals surface area contributed by atoms with E-state index in [1.807, 2.05) is 13.8 Å². The van der Waals surface area contributed by atoms with E-state index in [2.05, 4.69) is 0 Å². The molecule has 1 N–H and O–H groups in total. The Balaban J connectivity index is 2.72. The molecule has 88 valence electrons. The molecule has 0 spiro atoms. The van der Waals surface area contributed by atoms with Gasteiger partial charge in [-0.15, -0.1) is 0 Å². The number of benzene rings is 1. The molecule has 0 saturated carbocycles. The summed E-state index contributed by atoms with van der Waals surface area (Å²) >= 11 is 0. The van der Waals surface area contributed by atoms with Crippen LogP contribution in [0.25, 0.3) is 0 Å². The minimum absolute atomic E-state index is 0.0756. The number of rotatable bonds is 5. The third-order valence-electron chi connectivity index (χ3n) is 2.40. The molecule has 0 unspecified atom stereocenters. The highest BCUT2D eigenvalue weighted by molar-refractivity contribution is 5.87. The highest BCUT2D eigenvalue weighted by atomic mass is 19.1. The molecule has 0 bridgehead atoms. The molecule has 0 aromatic heterocycles. The lowest BCUT2D eigenvalue weighted by molar-refractivity contribution is 0.0696. The van der Waals surface area contributed by atoms with E-state index in [0.717, 1.165) is 12.5 Å². The topological polar surface area (TPSA) is 46.5 Å². The maximum Gasteiger partial charge on any atom is 0.335 e. The molecule has 16 heavy (non-hydrogen) atoms. The van der Waals surface area contributed by atoms with E-state index < -0.39 is 11.8 Å². The van der Waals surface area contributed by atoms with E-state index in [4.69, 9.17) is 9.84 Å². The zero-order valence-corrected chi connectivity index (χ0v) is 9.37. The maximum absolute atomic E-state index is 13.4. The average molecular weight is 226 g/mol. The van der Waals surface area contributed by atoms with E-state index >= 15 is 0 Å². The van der Waals surface area contributed by atoms with Crippen LogP contribution >= 0.6 is 0 Å². The van der Waals surface area contributed by atoms with Crippen molar-refractivity contribution in [3.63, 3.8) is 0 Å². The van der Waals surface area contributed by atoms with Crippen molar-refractivity contribution in [2.45, 2.75) is 20.3 Å². The van der Waals surface area contributed by atoms with Crippen LogP contribution in [0.5, 0.6) is 5.75 Å². The van der Waals surface area contributed by atoms with E-state index in [0.29, 0.717) is 12.5 Å². The molecule has 0 aliphatic heterocycles. The number of hydrogen-bond donors (Lipinski definition) is 1. The van der Waals surface area contributed by atoms with Gasteiger partial charge in [-0.05, 0) is 24.1 Å². The van der Waals surface area contributed by atoms with Crippen LogP contribution < -0.4 is 4.74 Å². The van der Waals surface area contributed by atoms with Gasteiger partial charge in [0, 0.05) is 0 Å². The van der Waals surface area contributed by atoms with Crippen LogP contribution in [-0.4, -0.2) is 17.7 Å². The van der Waals surface area contributed by atoms with Crippen LogP contribution in [0.1, 0.15) is 30.6 Å². The number of carboxylic acids is 1. The number of ether oxygens (including phenoxy) is 1. The van der Waals surface area contributed by atoms with Crippen LogP contribution in [0.4, 0.5) is 4.39 Å². The van der Waals surface area contributed by atoms with Gasteiger partial charge in [0.1, 0.15) is 0 Å². The summed E-state index contributed by atoms with van der Waals surface area (Å²) in [5.41, 5.74) is -0.0756. The van der Waals surface area contributed by atoms with Gasteiger partial charge >= 0.3 is 5.97 Å². The Bertz CT molecular complexity index is 377. The van der Waals surface area contributed by atoms with Gasteiger partial charge in [0.25, 0.3) is 0 Å². The van der Waals surface area contributed by atoms with Gasteiger partial charge in [-0.2, -0.15) is 0 Å². The number of hydrogen-bond acceptors (Lipinski definition) is 2. The van der Waals surface area contributed by atoms with Gasteiger partial charge in [0.15, 0.2) is 11.6 Å². The smallest absolute Gasteiger partial charge is 0.335 e. The van der Waals surface area contributed by atoms with Gasteiger partial charge < -0.3 is 9.84 Å². The highest BCUT2D eigenvalue weighted by Crippen LogP contribution is 2.19. The van der Waals surface area contributed by atoms with Gasteiger partial charge in [-0.1, -0.05) is 20.3 Å². The quantitative estimate of drug-likeness (QED) is 0.839. The zero-order valence-electron chi connectivity index (χ0n) is 9.37. The second-order valence-corrected chi connectivity index (χ2v) is 3.77. The van der Waals surface area contributed by atoms with Crippen molar-refractivity contribution in [3.8, 4) is 5.75 Å². The lowest BCUT2D eigenvalue weighted by Crippen LogP contribution is -2.08. The first-order chi connectivity index (χ1) is 7.54. The summed E-state index contributed by atoms with van der Waals surface area (Å²) < 4.78 is 18.6. The van der Waals surface area contributed by atoms with Crippen molar-refractivity contribution in [1.82, 2.24) is 0 Å². The molecule has 0 heterocycles. The number of carbonyl (C=O) groups is 1. The molecule has 1 aromatic rings. The zero-order chi connectivity index (χ0) is 12.1. The third kappa shape index (κ3) is 3.22. The van der Waals surface area contributed by atoms with Gasteiger partial charge in [0.05, 0.1) is 12.2 Å². The fourth-order valence-electron chi connectivity index (χ4n) is 1.10. The van der Waals surface area contributed by atoms with Gasteiger partial charge in [-0.3, -0.25) is 0 Å². The van der Waals surface area contributed by atoms with Crippen LogP contribution in [0.15, 0.2) is 18.2 Å². The summed E-state index contributed by atoms with van der Waals surface area (Å²) in [6.07, 6.45) is 0.953. The van der Waals surface area contributed by atoms with E-state index in [9.17, 15) is 9.18 Å². The van der Waals surface area contributed by atoms with Crippen molar-refractivity contribution in [3.05, 3.63) is 29.6 Å². The maximum atomic E-state index is 13.4. The lowest BCUT2D eigenvalue weighted by Gasteiger charge is -2.11. The summed E-state index contributed by atoms with van der Waals surface area (Å²) in [5, 5.41) is 8.65. The fourth-order valence-corrected chi connectivity index (χ4v) is 1.10. The monoisotopic (exact) mass is 226 g/mol. The molecule has 0 aliphatic carbocycles. The predicted molar refractivity (Wildman–Crippen MR) is 58.3 cm³/mol. The van der Waals surface area contributed by atoms with Crippen molar-refractivity contribution >= 4 is 5.97 Å². The van der Waals surface area contributed by atoms with Crippen molar-refractivity contribution in [1.29, 1.82) is 0 Å². The second-order valence-electron chi connectivity index (χ2n) is 3.77. The largest absolute Gasteiger partial charge is 0.490 e. The summed E-state index contributed by atoms with van der Waals surface area (Å²) in [4.78, 5) is 10.6. The molecule has 0 amide bonds. The average Bonchev–Trinajstić information content (AvgIpc) is 2.26. The molecule has 4 heteroatoms. The minimum atomic E-state index is -1.15. The summed E-state index contributed by atoms with van der Waals surface area (Å²) in [6.45, 7) is 4.46. The SMILES string of the molecule is CC[C@H](C)COc1ccc(C(=O)O)cc1F. The molecule has 1 aromatic carbocycles. The van der Waals surface area contributed by atoms with E-state index in [1.165, 1.54) is 12.1 Å². The Morgan fingerprint density at radius 1 is 1.56 bits per heavy atom. The van der Waals surface area contributed by atoms with E-state index in [-0.39, 0.29) is 11.3 Å². The molecule has 1 rings (SSSR count). The van der Waals surface area contributed by atoms with Crippen LogP contribution in [-0.2, 0) is 0 Å². The first-order valence-electron chi connectivity index (χ1n) is 5.20. The number of aromatic carboxylic acids is 1. The van der Waals surface area contributed by atoms with Crippen LogP contribution in [0, 0.1) is 11.7 Å². The first-order valence-corrected chi connectivity index (χ1v) is 5.20. The number of carboxylic acid groups (broad SMARTS) is 1. The molecule has 0 saturated heterocycles. The summed E-state index contributed by atoms with van der Waals surface area (Å²) in [6, 6.07) is 3.65. The van der Waals surface area contributed by atoms with Crippen molar-refractivity contribution in [2.24, 2.45) is 5.92 Å². The van der Waals surface area contributed by atoms with E-state index in [1.54, 1.807) is 0 Å². The Morgan fingerprint density at radius 3 is 2.75 bits per heavy atom. The van der Waals surface area contributed by atoms with Crippen molar-refractivity contribution in [2.75, 3.05) is 6.61 Å². The summed E-state index contributed by atoms with van der Waals surface area (Å²) in [5.74, 6) is -1.33. The molecule has 1 atom stereocenters. The van der Waals surface area contributed by atoms with Crippen molar-refractivity contribution < 1.29 is 19.0 Å². The summed E-state index contributed by atoms with van der Waals surface area (Å²) in [7, 11) is 0. The Kier molecular flexibility index (Phi) is 4.28. The molecule has 0 fully saturated rings. The third-order valence-corrected chi connectivity index (χ3v) is 2.40. The molecule has 3 nitrogen and oxygen atoms in total. The molecule has 0 aliphatic rings. The Morgan fingerprint density at radius 2 is 2.25 bits per heavy atom. The molecule has 0 radical (unpaired) electrons. The van der Waals surface area contributed by atoms with Crippen LogP contribution in [0.3, 0.4) is 0 Å². The van der Waals surface area contributed by atoms with Crippen LogP contribution in [0.2, 0.25) is 0 Å². The fraction of sp³-hybridized carbons (Fsp3) is 0.417. The minimum Gasteiger partial charge on any atom is -0.490 e. The predicted octanol–water partition coefficient (Wildman–Crippen LogP) is 2.95. The Hall–Kier alpha value is -1.58. The van der Waals surface area contributed by atoms with Gasteiger partial charge in [-0.25, -0.2) is 9.18 Å². The molecular formula is C12H15FO3. The van der Waals surface area contributed by atoms with Gasteiger partial charge in [0.2, 0.25) is 0 Å². The highest BCUT2D eigenvalue weighted by Gasteiger charge is 2.09.